The molecule has 0 aromatic heterocycles. The van der Waals surface area contributed by atoms with Gasteiger partial charge in [0.2, 0.25) is 0 Å². The summed E-state index contributed by atoms with van der Waals surface area (Å²) in [6, 6.07) is 54.0. The zero-order valence-electron chi connectivity index (χ0n) is 75.3. The molecule has 132 heavy (non-hydrogen) atoms. The molecule has 0 aliphatic rings. The molecule has 0 atom stereocenters. The van der Waals surface area contributed by atoms with Crippen LogP contribution in [0.25, 0.3) is 0 Å². The number of rotatable bonds is 61. The second-order valence-corrected chi connectivity index (χ2v) is 30.8. The molecular weight excluding hydrogens is 1690 g/mol. The van der Waals surface area contributed by atoms with E-state index in [0.717, 1.165) is 95.3 Å². The third-order valence-corrected chi connectivity index (χ3v) is 20.5. The molecule has 9 aromatic rings. The van der Waals surface area contributed by atoms with Gasteiger partial charge in [-0.05, 0) is 321 Å². The van der Waals surface area contributed by atoms with Crippen LogP contribution in [0.5, 0.6) is 69.0 Å². The largest absolute Gasteiger partial charge is 0.494 e. The van der Waals surface area contributed by atoms with Crippen molar-refractivity contribution >= 4 is 53.7 Å². The molecule has 0 spiro atoms. The number of benzene rings is 9. The zero-order valence-corrected chi connectivity index (χ0v) is 75.3. The van der Waals surface area contributed by atoms with Crippen LogP contribution in [0.15, 0.2) is 238 Å². The fourth-order valence-corrected chi connectivity index (χ4v) is 12.8. The quantitative estimate of drug-likeness (QED) is 0.0112. The minimum Gasteiger partial charge on any atom is -0.494 e. The molecule has 27 nitrogen and oxygen atoms in total. The monoisotopic (exact) mass is 1810 g/mol. The molecule has 0 bridgehead atoms. The second kappa shape index (κ2) is 56.5. The van der Waals surface area contributed by atoms with Gasteiger partial charge in [-0.15, -0.1) is 0 Å². The van der Waals surface area contributed by atoms with E-state index < -0.39 is 59.1 Å². The van der Waals surface area contributed by atoms with Gasteiger partial charge in [-0.1, -0.05) is 26.7 Å². The van der Waals surface area contributed by atoms with E-state index in [1.165, 1.54) is 0 Å². The standard InChI is InChI=1S/C105H116O27/c1-8-96(106)124-63-21-15-12-18-60-118-84-45-33-81(34-46-84)102(112)130-93-54-51-90(69-75(93)5)127-99(109)78-27-39-87(40-28-78)121-66-24-57-115-72-105(11-4,73-116-58-25-67-122-88-41-29-79(30-42-88)100(110)128-91-52-55-94(76(6)70-91)131-103(113)82-35-47-85(48-36-82)119-61-19-13-16-22-64-125-97(107)9-2)74-117-59-26-68-123-89-43-31-80(32-44-89)101(111)129-92-53-56-95(77(7)71-92)132-104(114)83-37-49-86(50-38-83)120-62-20-14-17-23-65-126-98(108)10-3/h8-10,27-56,69-71H,1-3,11-26,57-68,72-74H2,4-7H3. The Bertz CT molecular complexity index is 4670. The Morgan fingerprint density at radius 3 is 0.644 bits per heavy atom. The van der Waals surface area contributed by atoms with Crippen molar-refractivity contribution in [1.29, 1.82) is 0 Å². The van der Waals surface area contributed by atoms with Crippen molar-refractivity contribution in [3.8, 4) is 69.0 Å². The van der Waals surface area contributed by atoms with Crippen LogP contribution in [0.1, 0.15) is 188 Å². The van der Waals surface area contributed by atoms with E-state index >= 15 is 0 Å². The molecule has 0 aliphatic heterocycles. The second-order valence-electron chi connectivity index (χ2n) is 30.8. The number of hydrogen-bond donors (Lipinski definition) is 0. The molecule has 0 radical (unpaired) electrons. The van der Waals surface area contributed by atoms with Crippen molar-refractivity contribution in [3.05, 3.63) is 288 Å². The van der Waals surface area contributed by atoms with Crippen LogP contribution in [-0.2, 0) is 42.8 Å². The number of carbonyl (C=O) groups excluding carboxylic acids is 9. The molecule has 0 fully saturated rings. The maximum absolute atomic E-state index is 13.3. The molecule has 0 unspecified atom stereocenters. The van der Waals surface area contributed by atoms with Crippen molar-refractivity contribution in [1.82, 2.24) is 0 Å². The van der Waals surface area contributed by atoms with Gasteiger partial charge in [-0.3, -0.25) is 0 Å². The zero-order chi connectivity index (χ0) is 93.9. The number of ether oxygens (including phenoxy) is 18. The first kappa shape index (κ1) is 102. The third-order valence-electron chi connectivity index (χ3n) is 20.5. The van der Waals surface area contributed by atoms with Gasteiger partial charge in [0.15, 0.2) is 0 Å². The molecule has 0 N–H and O–H groups in total. The minimum atomic E-state index is -0.592. The Morgan fingerprint density at radius 1 is 0.242 bits per heavy atom. The summed E-state index contributed by atoms with van der Waals surface area (Å²) < 4.78 is 104. The average Bonchev–Trinajstić information content (AvgIpc) is 0.846. The number of aryl methyl sites for hydroxylation is 3. The first-order valence-corrected chi connectivity index (χ1v) is 44.3. The molecule has 9 aromatic carbocycles. The van der Waals surface area contributed by atoms with E-state index in [4.69, 9.17) is 85.3 Å². The van der Waals surface area contributed by atoms with Crippen molar-refractivity contribution in [2.45, 2.75) is 130 Å². The molecule has 0 saturated carbocycles. The van der Waals surface area contributed by atoms with Crippen molar-refractivity contribution in [2.75, 3.05) is 99.1 Å². The summed E-state index contributed by atoms with van der Waals surface area (Å²) in [5.41, 5.74) is 3.06. The van der Waals surface area contributed by atoms with E-state index in [9.17, 15) is 43.2 Å². The Morgan fingerprint density at radius 2 is 0.439 bits per heavy atom. The highest BCUT2D eigenvalue weighted by Gasteiger charge is 2.30. The van der Waals surface area contributed by atoms with Crippen LogP contribution in [0, 0.1) is 26.2 Å². The highest BCUT2D eigenvalue weighted by atomic mass is 16.6. The average molecular weight is 1810 g/mol. The van der Waals surface area contributed by atoms with Crippen molar-refractivity contribution in [3.63, 3.8) is 0 Å². The molecular formula is C105H116O27. The molecule has 9 rings (SSSR count). The lowest BCUT2D eigenvalue weighted by Gasteiger charge is -2.32. The van der Waals surface area contributed by atoms with Crippen molar-refractivity contribution < 1.29 is 128 Å². The molecule has 698 valence electrons. The minimum absolute atomic E-state index is 0.263. The third kappa shape index (κ3) is 36.6. The van der Waals surface area contributed by atoms with Gasteiger partial charge in [-0.25, -0.2) is 43.2 Å². The number of esters is 9. The molecule has 0 aliphatic carbocycles. The van der Waals surface area contributed by atoms with E-state index in [-0.39, 0.29) is 17.2 Å². The summed E-state index contributed by atoms with van der Waals surface area (Å²) >= 11 is 0. The summed E-state index contributed by atoms with van der Waals surface area (Å²) in [4.78, 5) is 113. The van der Waals surface area contributed by atoms with Gasteiger partial charge in [0.25, 0.3) is 0 Å². The van der Waals surface area contributed by atoms with Gasteiger partial charge in [0.05, 0.1) is 113 Å². The summed E-state index contributed by atoms with van der Waals surface area (Å²) in [6.07, 6.45) is 15.9. The van der Waals surface area contributed by atoms with Crippen LogP contribution in [0.2, 0.25) is 0 Å². The van der Waals surface area contributed by atoms with E-state index in [0.29, 0.717) is 227 Å². The highest BCUT2D eigenvalue weighted by Crippen LogP contribution is 2.32. The van der Waals surface area contributed by atoms with Gasteiger partial charge >= 0.3 is 53.7 Å². The number of carbonyl (C=O) groups is 9. The van der Waals surface area contributed by atoms with Gasteiger partial charge < -0.3 is 85.3 Å². The number of unbranched alkanes of at least 4 members (excludes halogenated alkanes) is 9. The number of hydrogen-bond acceptors (Lipinski definition) is 27. The first-order valence-electron chi connectivity index (χ1n) is 44.3. The Kier molecular flexibility index (Phi) is 43.6. The summed E-state index contributed by atoms with van der Waals surface area (Å²) in [5, 5.41) is 0. The SMILES string of the molecule is C=CC(=O)OCCCCCCOc1ccc(C(=O)Oc2ccc(OC(=O)c3ccc(OCCCOCC(CC)(COCCCOc4ccc(C(=O)Oc5ccc(OC(=O)c6ccc(OCCCCCCOC(=O)C=C)cc6)c(C)c5)cc4)COCCCOc4ccc(C(=O)Oc5ccc(OC(=O)c6ccc(OCCCCCCOC(=O)C=C)cc6)c(C)c5)cc4)cc3)cc2C)cc1. The summed E-state index contributed by atoms with van der Waals surface area (Å²) in [5.74, 6) is 0.429. The lowest BCUT2D eigenvalue weighted by molar-refractivity contribution is -0.138. The maximum Gasteiger partial charge on any atom is 0.343 e. The van der Waals surface area contributed by atoms with Crippen LogP contribution in [0.4, 0.5) is 0 Å². The Hall–Kier alpha value is -13.9. The molecule has 0 amide bonds. The summed E-state index contributed by atoms with van der Waals surface area (Å²) in [7, 11) is 0. The molecule has 0 heterocycles. The Balaban J connectivity index is 0.692. The lowest BCUT2D eigenvalue weighted by atomic mass is 9.88. The smallest absolute Gasteiger partial charge is 0.343 e. The predicted molar refractivity (Wildman–Crippen MR) is 493 cm³/mol. The van der Waals surface area contributed by atoms with Crippen LogP contribution >= 0.6 is 0 Å². The van der Waals surface area contributed by atoms with E-state index in [2.05, 4.69) is 26.7 Å². The highest BCUT2D eigenvalue weighted by molar-refractivity contribution is 5.95. The predicted octanol–water partition coefficient (Wildman–Crippen LogP) is 20.1. The van der Waals surface area contributed by atoms with E-state index in [1.54, 1.807) is 221 Å². The fourth-order valence-electron chi connectivity index (χ4n) is 12.8. The molecule has 0 saturated heterocycles. The normalized spacial score (nSPS) is 10.9. The van der Waals surface area contributed by atoms with Crippen LogP contribution in [-0.4, -0.2) is 153 Å². The van der Waals surface area contributed by atoms with Crippen LogP contribution < -0.4 is 56.8 Å². The Labute approximate surface area is 770 Å². The topological polar surface area (TPSA) is 320 Å². The van der Waals surface area contributed by atoms with Crippen LogP contribution in [0.3, 0.4) is 0 Å². The first-order chi connectivity index (χ1) is 64.2. The molecule has 27 heteroatoms. The summed E-state index contributed by atoms with van der Waals surface area (Å²) in [6.45, 7) is 23.0. The van der Waals surface area contributed by atoms with Gasteiger partial charge in [0.1, 0.15) is 69.0 Å². The maximum atomic E-state index is 13.3. The fraction of sp³-hybridized carbons (Fsp3) is 0.343. The van der Waals surface area contributed by atoms with Gasteiger partial charge in [-0.2, -0.15) is 0 Å². The van der Waals surface area contributed by atoms with E-state index in [1.807, 2.05) is 0 Å². The lowest BCUT2D eigenvalue weighted by Crippen LogP contribution is -2.37. The van der Waals surface area contributed by atoms with Crippen molar-refractivity contribution in [2.24, 2.45) is 5.41 Å². The van der Waals surface area contributed by atoms with Gasteiger partial charge in [0, 0.05) is 62.7 Å².